The van der Waals surface area contributed by atoms with Crippen LogP contribution in [0.4, 0.5) is 0 Å². The molecule has 8 nitrogen and oxygen atoms in total. The third-order valence-electron chi connectivity index (χ3n) is 2.62. The summed E-state index contributed by atoms with van der Waals surface area (Å²) in [6.07, 6.45) is 5.22. The van der Waals surface area contributed by atoms with Crippen LogP contribution in [0.25, 0.3) is 0 Å². The first-order valence-corrected chi connectivity index (χ1v) is 5.60. The lowest BCUT2D eigenvalue weighted by molar-refractivity contribution is 0.0685. The average Bonchev–Trinajstić information content (AvgIpc) is 2.98. The number of hydrogen-bond donors (Lipinski definition) is 3. The molecule has 19 heavy (non-hydrogen) atoms. The smallest absolute Gasteiger partial charge is 0.354 e. The van der Waals surface area contributed by atoms with E-state index in [1.54, 1.807) is 6.20 Å². The number of carboxylic acids is 1. The molecule has 0 unspecified atom stereocenters. The Hall–Kier alpha value is -2.64. The molecule has 3 N–H and O–H groups in total. The Morgan fingerprint density at radius 3 is 2.89 bits per heavy atom. The molecule has 0 atom stereocenters. The molecule has 2 aromatic heterocycles. The fourth-order valence-corrected chi connectivity index (χ4v) is 1.64. The summed E-state index contributed by atoms with van der Waals surface area (Å²) in [4.78, 5) is 32.8. The first-order chi connectivity index (χ1) is 9.09. The van der Waals surface area contributed by atoms with E-state index in [0.717, 1.165) is 5.82 Å². The zero-order valence-corrected chi connectivity index (χ0v) is 10.3. The number of hydrogen-bond acceptors (Lipinski definition) is 4. The minimum Gasteiger partial charge on any atom is -0.477 e. The number of carbonyl (C=O) groups is 2. The van der Waals surface area contributed by atoms with E-state index in [1.807, 2.05) is 17.8 Å². The first kappa shape index (κ1) is 12.8. The van der Waals surface area contributed by atoms with Crippen LogP contribution in [0.1, 0.15) is 26.8 Å². The standard InChI is InChI=1S/C11H13N5O3/c1-16-5-4-12-7(16)2-3-13-10(17)8-9(11(18)19)15-6-14-8/h4-6H,2-3H2,1H3,(H,13,17)(H,14,15)(H,18,19). The summed E-state index contributed by atoms with van der Waals surface area (Å²) >= 11 is 0. The number of aromatic nitrogens is 4. The summed E-state index contributed by atoms with van der Waals surface area (Å²) in [6, 6.07) is 0. The van der Waals surface area contributed by atoms with Crippen molar-refractivity contribution in [2.45, 2.75) is 6.42 Å². The van der Waals surface area contributed by atoms with E-state index < -0.39 is 11.9 Å². The zero-order valence-electron chi connectivity index (χ0n) is 10.3. The molecule has 0 aliphatic rings. The Labute approximate surface area is 108 Å². The Balaban J connectivity index is 1.93. The number of aromatic amines is 1. The number of aryl methyl sites for hydroxylation is 1. The van der Waals surface area contributed by atoms with Gasteiger partial charge in [0.15, 0.2) is 11.4 Å². The van der Waals surface area contributed by atoms with Crippen molar-refractivity contribution < 1.29 is 14.7 Å². The van der Waals surface area contributed by atoms with E-state index in [2.05, 4.69) is 20.3 Å². The molecule has 1 amide bonds. The number of carbonyl (C=O) groups excluding carboxylic acids is 1. The van der Waals surface area contributed by atoms with Crippen LogP contribution in [-0.4, -0.2) is 43.0 Å². The van der Waals surface area contributed by atoms with Crippen molar-refractivity contribution in [2.75, 3.05) is 6.54 Å². The number of H-pyrrole nitrogens is 1. The predicted molar refractivity (Wildman–Crippen MR) is 64.8 cm³/mol. The Bertz CT molecular complexity index is 601. The van der Waals surface area contributed by atoms with Gasteiger partial charge in [0.2, 0.25) is 0 Å². The Morgan fingerprint density at radius 2 is 2.26 bits per heavy atom. The topological polar surface area (TPSA) is 113 Å². The van der Waals surface area contributed by atoms with E-state index in [4.69, 9.17) is 5.11 Å². The number of rotatable bonds is 5. The molecule has 2 heterocycles. The van der Waals surface area contributed by atoms with Crippen LogP contribution in [0.3, 0.4) is 0 Å². The molecule has 100 valence electrons. The highest BCUT2D eigenvalue weighted by Crippen LogP contribution is 2.02. The lowest BCUT2D eigenvalue weighted by Gasteiger charge is -2.04. The highest BCUT2D eigenvalue weighted by atomic mass is 16.4. The highest BCUT2D eigenvalue weighted by molar-refractivity contribution is 6.02. The molecule has 0 radical (unpaired) electrons. The van der Waals surface area contributed by atoms with Crippen molar-refractivity contribution in [3.8, 4) is 0 Å². The van der Waals surface area contributed by atoms with Gasteiger partial charge < -0.3 is 20.0 Å². The number of nitrogens with zero attached hydrogens (tertiary/aromatic N) is 3. The van der Waals surface area contributed by atoms with Crippen LogP contribution in [0.5, 0.6) is 0 Å². The normalized spacial score (nSPS) is 10.4. The lowest BCUT2D eigenvalue weighted by atomic mass is 10.3. The van der Waals surface area contributed by atoms with Crippen molar-refractivity contribution in [3.63, 3.8) is 0 Å². The van der Waals surface area contributed by atoms with Crippen LogP contribution in [0.2, 0.25) is 0 Å². The Kier molecular flexibility index (Phi) is 3.60. The number of amides is 1. The van der Waals surface area contributed by atoms with E-state index in [0.29, 0.717) is 13.0 Å². The van der Waals surface area contributed by atoms with Crippen molar-refractivity contribution in [2.24, 2.45) is 7.05 Å². The maximum Gasteiger partial charge on any atom is 0.354 e. The van der Waals surface area contributed by atoms with Crippen LogP contribution in [0, 0.1) is 0 Å². The van der Waals surface area contributed by atoms with Gasteiger partial charge in [0.1, 0.15) is 5.82 Å². The quantitative estimate of drug-likeness (QED) is 0.692. The molecule has 2 rings (SSSR count). The fourth-order valence-electron chi connectivity index (χ4n) is 1.64. The van der Waals surface area contributed by atoms with E-state index in [-0.39, 0.29) is 11.4 Å². The zero-order chi connectivity index (χ0) is 13.8. The van der Waals surface area contributed by atoms with Gasteiger partial charge in [-0.2, -0.15) is 0 Å². The molecule has 0 fully saturated rings. The van der Waals surface area contributed by atoms with Crippen molar-refractivity contribution in [1.82, 2.24) is 24.8 Å². The molecule has 0 aromatic carbocycles. The van der Waals surface area contributed by atoms with Gasteiger partial charge >= 0.3 is 5.97 Å². The van der Waals surface area contributed by atoms with E-state index >= 15 is 0 Å². The second kappa shape index (κ2) is 5.34. The van der Waals surface area contributed by atoms with Crippen LogP contribution >= 0.6 is 0 Å². The summed E-state index contributed by atoms with van der Waals surface area (Å²) in [5.74, 6) is -0.902. The molecule has 2 aromatic rings. The van der Waals surface area contributed by atoms with Crippen molar-refractivity contribution >= 4 is 11.9 Å². The van der Waals surface area contributed by atoms with Gasteiger partial charge in [-0.3, -0.25) is 4.79 Å². The first-order valence-electron chi connectivity index (χ1n) is 5.60. The van der Waals surface area contributed by atoms with Crippen LogP contribution in [0.15, 0.2) is 18.7 Å². The molecule has 0 aliphatic heterocycles. The second-order valence-corrected chi connectivity index (χ2v) is 3.89. The van der Waals surface area contributed by atoms with Gasteiger partial charge in [0.05, 0.1) is 6.33 Å². The molecule has 0 spiro atoms. The summed E-state index contributed by atoms with van der Waals surface area (Å²) in [5, 5.41) is 11.5. The monoisotopic (exact) mass is 263 g/mol. The van der Waals surface area contributed by atoms with Gasteiger partial charge in [-0.1, -0.05) is 0 Å². The summed E-state index contributed by atoms with van der Waals surface area (Å²) in [6.45, 7) is 0.357. The molecule has 8 heteroatoms. The summed E-state index contributed by atoms with van der Waals surface area (Å²) in [5.41, 5.74) is -0.332. The van der Waals surface area contributed by atoms with Gasteiger partial charge in [-0.15, -0.1) is 0 Å². The lowest BCUT2D eigenvalue weighted by Crippen LogP contribution is -2.28. The minimum atomic E-state index is -1.22. The maximum absolute atomic E-state index is 11.8. The number of imidazole rings is 2. The van der Waals surface area contributed by atoms with Crippen molar-refractivity contribution in [3.05, 3.63) is 35.9 Å². The number of aromatic carboxylic acids is 1. The fraction of sp³-hybridized carbons (Fsp3) is 0.273. The number of carboxylic acid groups (broad SMARTS) is 1. The largest absolute Gasteiger partial charge is 0.477 e. The molecule has 0 aliphatic carbocycles. The van der Waals surface area contributed by atoms with Crippen molar-refractivity contribution in [1.29, 1.82) is 0 Å². The van der Waals surface area contributed by atoms with E-state index in [9.17, 15) is 9.59 Å². The maximum atomic E-state index is 11.8. The molecule has 0 bridgehead atoms. The molecule has 0 saturated heterocycles. The predicted octanol–water partition coefficient (Wildman–Crippen LogP) is -0.186. The third kappa shape index (κ3) is 2.79. The minimum absolute atomic E-state index is 0.118. The Morgan fingerprint density at radius 1 is 1.47 bits per heavy atom. The highest BCUT2D eigenvalue weighted by Gasteiger charge is 2.19. The summed E-state index contributed by atoms with van der Waals surface area (Å²) in [7, 11) is 1.86. The van der Waals surface area contributed by atoms with Gasteiger partial charge in [0.25, 0.3) is 5.91 Å². The van der Waals surface area contributed by atoms with Gasteiger partial charge in [0, 0.05) is 32.4 Å². The molecular formula is C11H13N5O3. The van der Waals surface area contributed by atoms with Gasteiger partial charge in [-0.25, -0.2) is 14.8 Å². The molecule has 0 saturated carbocycles. The average molecular weight is 263 g/mol. The number of nitrogens with one attached hydrogen (secondary N) is 2. The van der Waals surface area contributed by atoms with Gasteiger partial charge in [-0.05, 0) is 0 Å². The SMILES string of the molecule is Cn1ccnc1CCNC(=O)c1nc[nH]c1C(=O)O. The molecular weight excluding hydrogens is 250 g/mol. The third-order valence-corrected chi connectivity index (χ3v) is 2.62. The summed E-state index contributed by atoms with van der Waals surface area (Å²) < 4.78 is 1.85. The van der Waals surface area contributed by atoms with E-state index in [1.165, 1.54) is 6.33 Å². The van der Waals surface area contributed by atoms with Crippen LogP contribution in [-0.2, 0) is 13.5 Å². The van der Waals surface area contributed by atoms with Crippen LogP contribution < -0.4 is 5.32 Å². The second-order valence-electron chi connectivity index (χ2n) is 3.89.